The van der Waals surface area contributed by atoms with E-state index in [0.717, 1.165) is 29.8 Å². The lowest BCUT2D eigenvalue weighted by Crippen LogP contribution is -2.20. The Balaban J connectivity index is 2.21. The van der Waals surface area contributed by atoms with Crippen LogP contribution in [0.2, 0.25) is 0 Å². The van der Waals surface area contributed by atoms with E-state index in [1.165, 1.54) is 0 Å². The third-order valence-electron chi connectivity index (χ3n) is 2.90. The van der Waals surface area contributed by atoms with Crippen LogP contribution in [0, 0.1) is 5.41 Å². The van der Waals surface area contributed by atoms with E-state index in [9.17, 15) is 4.79 Å². The van der Waals surface area contributed by atoms with Crippen molar-refractivity contribution >= 4 is 11.6 Å². The summed E-state index contributed by atoms with van der Waals surface area (Å²) >= 11 is 0. The first-order chi connectivity index (χ1) is 8.09. The molecule has 0 aromatic heterocycles. The number of hydrogen-bond donors (Lipinski definition) is 1. The molecule has 88 valence electrons. The summed E-state index contributed by atoms with van der Waals surface area (Å²) in [7, 11) is 0. The lowest BCUT2D eigenvalue weighted by molar-refractivity contribution is 0.353. The van der Waals surface area contributed by atoms with Gasteiger partial charge < -0.3 is 5.32 Å². The second kappa shape index (κ2) is 4.60. The van der Waals surface area contributed by atoms with Crippen LogP contribution in [0.1, 0.15) is 26.7 Å². The molecule has 0 saturated heterocycles. The van der Waals surface area contributed by atoms with Gasteiger partial charge in [-0.1, -0.05) is 32.0 Å². The quantitative estimate of drug-likeness (QED) is 0.783. The van der Waals surface area contributed by atoms with Crippen LogP contribution in [0.15, 0.2) is 47.7 Å². The van der Waals surface area contributed by atoms with Gasteiger partial charge in [-0.25, -0.2) is 4.79 Å². The summed E-state index contributed by atoms with van der Waals surface area (Å²) in [5, 5.41) is 3.36. The first-order valence-corrected chi connectivity index (χ1v) is 5.86. The van der Waals surface area contributed by atoms with E-state index in [-0.39, 0.29) is 5.41 Å². The van der Waals surface area contributed by atoms with Crippen LogP contribution < -0.4 is 5.32 Å². The Morgan fingerprint density at radius 1 is 1.18 bits per heavy atom. The first-order valence-electron chi connectivity index (χ1n) is 5.86. The Morgan fingerprint density at radius 2 is 1.88 bits per heavy atom. The lowest BCUT2D eigenvalue weighted by atomic mass is 9.77. The van der Waals surface area contributed by atoms with Crippen molar-refractivity contribution in [1.29, 1.82) is 0 Å². The fourth-order valence-electron chi connectivity index (χ4n) is 2.26. The van der Waals surface area contributed by atoms with Crippen molar-refractivity contribution in [2.24, 2.45) is 5.41 Å². The summed E-state index contributed by atoms with van der Waals surface area (Å²) in [6.07, 6.45) is 3.68. The van der Waals surface area contributed by atoms with Crippen LogP contribution in [0.25, 0.3) is 0 Å². The molecular weight excluding hydrogens is 210 g/mol. The van der Waals surface area contributed by atoms with Crippen molar-refractivity contribution in [2.45, 2.75) is 26.7 Å². The number of anilines is 1. The molecule has 2 heteroatoms. The fraction of sp³-hybridized carbons (Fsp3) is 0.333. The third kappa shape index (κ3) is 3.08. The zero-order valence-electron chi connectivity index (χ0n) is 10.3. The summed E-state index contributed by atoms with van der Waals surface area (Å²) in [4.78, 5) is 10.8. The predicted molar refractivity (Wildman–Crippen MR) is 70.4 cm³/mol. The van der Waals surface area contributed by atoms with Gasteiger partial charge in [-0.15, -0.1) is 0 Å². The Morgan fingerprint density at radius 3 is 2.53 bits per heavy atom. The van der Waals surface area contributed by atoms with Gasteiger partial charge in [0, 0.05) is 17.0 Å². The van der Waals surface area contributed by atoms with E-state index in [2.05, 4.69) is 19.2 Å². The Kier molecular flexibility index (Phi) is 3.16. The average molecular weight is 227 g/mol. The highest BCUT2D eigenvalue weighted by Gasteiger charge is 2.26. The summed E-state index contributed by atoms with van der Waals surface area (Å²) in [6, 6.07) is 10.0. The molecule has 1 aromatic rings. The second-order valence-corrected chi connectivity index (χ2v) is 5.31. The number of nitrogens with one attached hydrogen (secondary N) is 1. The molecule has 0 bridgehead atoms. The SMILES string of the molecule is CC1(C)CC(=C=O)C=C(Nc2ccccc2)C1. The third-order valence-corrected chi connectivity index (χ3v) is 2.90. The summed E-state index contributed by atoms with van der Waals surface area (Å²) in [5.41, 5.74) is 3.02. The van der Waals surface area contributed by atoms with E-state index < -0.39 is 0 Å². The van der Waals surface area contributed by atoms with Crippen molar-refractivity contribution < 1.29 is 4.79 Å². The molecule has 0 saturated carbocycles. The summed E-state index contributed by atoms with van der Waals surface area (Å²) in [5.74, 6) is 2.03. The number of rotatable bonds is 2. The molecule has 0 fully saturated rings. The fourth-order valence-corrected chi connectivity index (χ4v) is 2.26. The molecule has 17 heavy (non-hydrogen) atoms. The molecule has 0 aliphatic heterocycles. The van der Waals surface area contributed by atoms with Crippen molar-refractivity contribution in [1.82, 2.24) is 0 Å². The monoisotopic (exact) mass is 227 g/mol. The number of carbonyl (C=O) groups excluding carboxylic acids is 1. The maximum absolute atomic E-state index is 10.8. The molecule has 1 N–H and O–H groups in total. The molecule has 0 atom stereocenters. The average Bonchev–Trinajstić information content (AvgIpc) is 2.28. The maximum Gasteiger partial charge on any atom is 0.128 e. The van der Waals surface area contributed by atoms with Crippen molar-refractivity contribution in [2.75, 3.05) is 5.32 Å². The highest BCUT2D eigenvalue weighted by Crippen LogP contribution is 2.37. The minimum absolute atomic E-state index is 0.124. The number of para-hydroxylation sites is 1. The van der Waals surface area contributed by atoms with Crippen LogP contribution in [0.3, 0.4) is 0 Å². The smallest absolute Gasteiger partial charge is 0.128 e. The number of hydrogen-bond acceptors (Lipinski definition) is 2. The molecule has 2 rings (SSSR count). The Labute approximate surface area is 102 Å². The van der Waals surface area contributed by atoms with Gasteiger partial charge in [0.1, 0.15) is 5.94 Å². The largest absolute Gasteiger partial charge is 0.359 e. The van der Waals surface area contributed by atoms with Gasteiger partial charge in [0.25, 0.3) is 0 Å². The molecule has 1 aromatic carbocycles. The van der Waals surface area contributed by atoms with E-state index in [1.807, 2.05) is 42.3 Å². The standard InChI is InChI=1S/C15H17NO/c1-15(2)9-12(11-17)8-14(10-15)16-13-6-4-3-5-7-13/h3-8,16H,9-10H2,1-2H3. The van der Waals surface area contributed by atoms with Crippen molar-refractivity contribution in [3.8, 4) is 0 Å². The second-order valence-electron chi connectivity index (χ2n) is 5.31. The van der Waals surface area contributed by atoms with E-state index in [4.69, 9.17) is 0 Å². The molecule has 1 aliphatic carbocycles. The first kappa shape index (κ1) is 11.7. The topological polar surface area (TPSA) is 29.1 Å². The Hall–Kier alpha value is -1.79. The maximum atomic E-state index is 10.8. The molecule has 1 aliphatic rings. The van der Waals surface area contributed by atoms with Gasteiger partial charge in [-0.2, -0.15) is 0 Å². The molecule has 0 spiro atoms. The van der Waals surface area contributed by atoms with Crippen LogP contribution in [-0.2, 0) is 4.79 Å². The van der Waals surface area contributed by atoms with Gasteiger partial charge in [-0.05, 0) is 36.5 Å². The molecule has 2 nitrogen and oxygen atoms in total. The highest BCUT2D eigenvalue weighted by atomic mass is 16.1. The van der Waals surface area contributed by atoms with Crippen LogP contribution >= 0.6 is 0 Å². The van der Waals surface area contributed by atoms with Crippen LogP contribution in [-0.4, -0.2) is 5.94 Å². The van der Waals surface area contributed by atoms with Crippen molar-refractivity contribution in [3.05, 3.63) is 47.7 Å². The van der Waals surface area contributed by atoms with E-state index in [0.29, 0.717) is 0 Å². The van der Waals surface area contributed by atoms with E-state index in [1.54, 1.807) is 0 Å². The van der Waals surface area contributed by atoms with Crippen molar-refractivity contribution in [3.63, 3.8) is 0 Å². The van der Waals surface area contributed by atoms with Gasteiger partial charge >= 0.3 is 0 Å². The van der Waals surface area contributed by atoms with E-state index >= 15 is 0 Å². The van der Waals surface area contributed by atoms with Gasteiger partial charge in [-0.3, -0.25) is 0 Å². The van der Waals surface area contributed by atoms with Crippen LogP contribution in [0.4, 0.5) is 5.69 Å². The minimum atomic E-state index is 0.124. The van der Waals surface area contributed by atoms with Gasteiger partial charge in [0.2, 0.25) is 0 Å². The zero-order valence-corrected chi connectivity index (χ0v) is 10.3. The predicted octanol–water partition coefficient (Wildman–Crippen LogP) is 3.56. The molecule has 0 unspecified atom stereocenters. The highest BCUT2D eigenvalue weighted by molar-refractivity contribution is 5.61. The van der Waals surface area contributed by atoms with Gasteiger partial charge in [0.05, 0.1) is 0 Å². The number of benzene rings is 1. The zero-order chi connectivity index (χ0) is 12.3. The molecular formula is C15H17NO. The Bertz CT molecular complexity index is 479. The molecule has 0 radical (unpaired) electrons. The van der Waals surface area contributed by atoms with Crippen LogP contribution in [0.5, 0.6) is 0 Å². The normalized spacial score (nSPS) is 18.2. The molecule has 0 amide bonds. The summed E-state index contributed by atoms with van der Waals surface area (Å²) in [6.45, 7) is 4.34. The van der Waals surface area contributed by atoms with Gasteiger partial charge in [0.15, 0.2) is 0 Å². The lowest BCUT2D eigenvalue weighted by Gasteiger charge is -2.30. The molecule has 0 heterocycles. The minimum Gasteiger partial charge on any atom is -0.359 e. The number of allylic oxidation sites excluding steroid dienone is 3. The summed E-state index contributed by atoms with van der Waals surface area (Å²) < 4.78 is 0.